The number of fused-ring (bicyclic) bond motifs is 1. The van der Waals surface area contributed by atoms with E-state index in [4.69, 9.17) is 9.72 Å². The molecule has 2 aliphatic rings. The minimum absolute atomic E-state index is 0.0349. The summed E-state index contributed by atoms with van der Waals surface area (Å²) >= 11 is 1.31. The second-order valence-corrected chi connectivity index (χ2v) is 10.3. The molecule has 10 heteroatoms. The Balaban J connectivity index is 1.55. The second kappa shape index (κ2) is 7.80. The van der Waals surface area contributed by atoms with Gasteiger partial charge in [0.15, 0.2) is 5.65 Å². The van der Waals surface area contributed by atoms with E-state index in [2.05, 4.69) is 15.7 Å². The second-order valence-electron chi connectivity index (χ2n) is 9.17. The molecule has 2 fully saturated rings. The largest absolute Gasteiger partial charge is 0.456 e. The molecule has 5 rings (SSSR count). The van der Waals surface area contributed by atoms with Crippen molar-refractivity contribution in [1.82, 2.24) is 19.9 Å². The highest BCUT2D eigenvalue weighted by molar-refractivity contribution is 7.17. The summed E-state index contributed by atoms with van der Waals surface area (Å²) in [6.07, 6.45) is 5.49. The first-order valence-electron chi connectivity index (χ1n) is 10.7. The summed E-state index contributed by atoms with van der Waals surface area (Å²) < 4.78 is 7.18. The van der Waals surface area contributed by atoms with Gasteiger partial charge < -0.3 is 10.1 Å². The zero-order valence-electron chi connectivity index (χ0n) is 18.5. The van der Waals surface area contributed by atoms with Gasteiger partial charge in [0.1, 0.15) is 16.3 Å². The molecule has 33 heavy (non-hydrogen) atoms. The van der Waals surface area contributed by atoms with Gasteiger partial charge in [-0.3, -0.25) is 14.9 Å². The molecule has 0 radical (unpaired) electrons. The Bertz CT molecular complexity index is 1330. The molecule has 3 aromatic rings. The van der Waals surface area contributed by atoms with Crippen molar-refractivity contribution in [2.24, 2.45) is 0 Å². The van der Waals surface area contributed by atoms with Crippen LogP contribution in [0.25, 0.3) is 22.3 Å². The van der Waals surface area contributed by atoms with Crippen LogP contribution in [0.5, 0.6) is 0 Å². The summed E-state index contributed by atoms with van der Waals surface area (Å²) in [5, 5.41) is 10.2. The van der Waals surface area contributed by atoms with E-state index < -0.39 is 11.5 Å². The summed E-state index contributed by atoms with van der Waals surface area (Å²) in [5.74, 6) is -0.308. The van der Waals surface area contributed by atoms with Crippen molar-refractivity contribution in [3.05, 3.63) is 40.4 Å². The summed E-state index contributed by atoms with van der Waals surface area (Å²) in [4.78, 5) is 42.1. The van der Waals surface area contributed by atoms with Gasteiger partial charge in [0.05, 0.1) is 23.2 Å². The van der Waals surface area contributed by atoms with Gasteiger partial charge in [-0.1, -0.05) is 0 Å². The van der Waals surface area contributed by atoms with Crippen LogP contribution in [0.4, 0.5) is 5.82 Å². The molecule has 1 saturated heterocycles. The summed E-state index contributed by atoms with van der Waals surface area (Å²) in [6, 6.07) is 5.88. The molecule has 2 N–H and O–H groups in total. The van der Waals surface area contributed by atoms with Gasteiger partial charge in [0.25, 0.3) is 5.91 Å². The first kappa shape index (κ1) is 21.3. The van der Waals surface area contributed by atoms with Gasteiger partial charge in [0.2, 0.25) is 5.91 Å². The Labute approximate surface area is 193 Å². The van der Waals surface area contributed by atoms with Gasteiger partial charge in [-0.05, 0) is 51.8 Å². The Kier molecular flexibility index (Phi) is 5.04. The zero-order valence-corrected chi connectivity index (χ0v) is 19.3. The third-order valence-corrected chi connectivity index (χ3v) is 6.20. The van der Waals surface area contributed by atoms with Gasteiger partial charge in [-0.2, -0.15) is 9.61 Å². The molecule has 0 spiro atoms. The number of imide groups is 1. The lowest BCUT2D eigenvalue weighted by Crippen LogP contribution is -2.23. The lowest BCUT2D eigenvalue weighted by molar-refractivity contribution is -0.124. The van der Waals surface area contributed by atoms with Crippen molar-refractivity contribution in [2.75, 3.05) is 5.32 Å². The molecule has 2 amide bonds. The molecular weight excluding hydrogens is 442 g/mol. The van der Waals surface area contributed by atoms with Gasteiger partial charge >= 0.3 is 5.97 Å². The van der Waals surface area contributed by atoms with Crippen molar-refractivity contribution in [2.45, 2.75) is 51.7 Å². The molecule has 1 aliphatic heterocycles. The number of rotatable bonds is 5. The Morgan fingerprint density at radius 3 is 2.76 bits per heavy atom. The average Bonchev–Trinajstić information content (AvgIpc) is 3.11. The van der Waals surface area contributed by atoms with Crippen LogP contribution in [0, 0.1) is 0 Å². The minimum atomic E-state index is -0.576. The van der Waals surface area contributed by atoms with Crippen molar-refractivity contribution >= 4 is 46.7 Å². The molecule has 0 bridgehead atoms. The lowest BCUT2D eigenvalue weighted by atomic mass is 10.1. The number of carbonyl (C=O) groups excluding carboxylic acids is 3. The first-order chi connectivity index (χ1) is 15.7. The highest BCUT2D eigenvalue weighted by Crippen LogP contribution is 2.33. The van der Waals surface area contributed by atoms with E-state index in [1.54, 1.807) is 22.9 Å². The van der Waals surface area contributed by atoms with Crippen LogP contribution in [-0.4, -0.2) is 44.0 Å². The van der Waals surface area contributed by atoms with E-state index in [1.165, 1.54) is 11.3 Å². The fourth-order valence-corrected chi connectivity index (χ4v) is 4.31. The molecule has 3 aromatic heterocycles. The standard InChI is InChI=1S/C23H23N5O4S/c1-23(2,3)32-22(31)17-7-6-16(33-17)15-10-18(25-14-4-5-14)28-20(26-15)13(11-24-28)8-12-9-19(29)27-21(12)30/h6-8,10-11,14,25H,4-5,9H2,1-3H3,(H,27,29,30)/b12-8+. The normalized spacial score (nSPS) is 17.6. The quantitative estimate of drug-likeness (QED) is 0.337. The summed E-state index contributed by atoms with van der Waals surface area (Å²) in [7, 11) is 0. The van der Waals surface area contributed by atoms with Crippen LogP contribution < -0.4 is 10.6 Å². The molecule has 1 aliphatic carbocycles. The fourth-order valence-electron chi connectivity index (χ4n) is 3.47. The molecule has 0 unspecified atom stereocenters. The van der Waals surface area contributed by atoms with Gasteiger partial charge in [-0.15, -0.1) is 11.3 Å². The third kappa shape index (κ3) is 4.51. The first-order valence-corrected chi connectivity index (χ1v) is 11.5. The fraction of sp³-hybridized carbons (Fsp3) is 0.348. The van der Waals surface area contributed by atoms with Crippen LogP contribution in [0.15, 0.2) is 30.0 Å². The van der Waals surface area contributed by atoms with Crippen molar-refractivity contribution in [1.29, 1.82) is 0 Å². The molecule has 9 nitrogen and oxygen atoms in total. The number of aromatic nitrogens is 3. The van der Waals surface area contributed by atoms with Crippen LogP contribution in [-0.2, 0) is 14.3 Å². The molecular formula is C23H23N5O4S. The van der Waals surface area contributed by atoms with Crippen LogP contribution in [0.3, 0.4) is 0 Å². The zero-order chi connectivity index (χ0) is 23.3. The predicted octanol–water partition coefficient (Wildman–Crippen LogP) is 3.42. The number of ether oxygens (including phenoxy) is 1. The Hall–Kier alpha value is -3.53. The van der Waals surface area contributed by atoms with E-state index in [0.29, 0.717) is 33.4 Å². The molecule has 0 aromatic carbocycles. The number of hydrogen-bond acceptors (Lipinski definition) is 8. The van der Waals surface area contributed by atoms with E-state index in [-0.39, 0.29) is 18.3 Å². The topological polar surface area (TPSA) is 115 Å². The number of thiophene rings is 1. The van der Waals surface area contributed by atoms with Crippen molar-refractivity contribution < 1.29 is 19.1 Å². The highest BCUT2D eigenvalue weighted by Gasteiger charge is 2.26. The van der Waals surface area contributed by atoms with Crippen molar-refractivity contribution in [3.8, 4) is 10.6 Å². The van der Waals surface area contributed by atoms with E-state index in [1.807, 2.05) is 32.9 Å². The Morgan fingerprint density at radius 1 is 1.30 bits per heavy atom. The summed E-state index contributed by atoms with van der Waals surface area (Å²) in [5.41, 5.74) is 1.68. The number of nitrogens with one attached hydrogen (secondary N) is 2. The monoisotopic (exact) mass is 465 g/mol. The Morgan fingerprint density at radius 2 is 2.09 bits per heavy atom. The third-order valence-electron chi connectivity index (χ3n) is 5.11. The van der Waals surface area contributed by atoms with E-state index in [0.717, 1.165) is 23.5 Å². The number of esters is 1. The average molecular weight is 466 g/mol. The maximum Gasteiger partial charge on any atom is 0.348 e. The summed E-state index contributed by atoms with van der Waals surface area (Å²) in [6.45, 7) is 5.50. The maximum absolute atomic E-state index is 12.5. The molecule has 0 atom stereocenters. The SMILES string of the molecule is CC(C)(C)OC(=O)c1ccc(-c2cc(NC3CC3)n3ncc(/C=C4\CC(=O)NC4=O)c3n2)s1. The number of nitrogens with zero attached hydrogens (tertiary/aromatic N) is 3. The van der Waals surface area contributed by atoms with Gasteiger partial charge in [0, 0.05) is 23.2 Å². The minimum Gasteiger partial charge on any atom is -0.456 e. The van der Waals surface area contributed by atoms with Crippen molar-refractivity contribution in [3.63, 3.8) is 0 Å². The van der Waals surface area contributed by atoms with Crippen LogP contribution in [0.2, 0.25) is 0 Å². The van der Waals surface area contributed by atoms with Crippen LogP contribution >= 0.6 is 11.3 Å². The van der Waals surface area contributed by atoms with Crippen LogP contribution in [0.1, 0.15) is 55.3 Å². The lowest BCUT2D eigenvalue weighted by Gasteiger charge is -2.18. The smallest absolute Gasteiger partial charge is 0.348 e. The molecule has 4 heterocycles. The molecule has 170 valence electrons. The number of anilines is 1. The maximum atomic E-state index is 12.5. The number of carbonyl (C=O) groups is 3. The highest BCUT2D eigenvalue weighted by atomic mass is 32.1. The van der Waals surface area contributed by atoms with E-state index in [9.17, 15) is 14.4 Å². The number of hydrogen-bond donors (Lipinski definition) is 2. The van der Waals surface area contributed by atoms with E-state index >= 15 is 0 Å². The predicted molar refractivity (Wildman–Crippen MR) is 124 cm³/mol. The van der Waals surface area contributed by atoms with Gasteiger partial charge in [-0.25, -0.2) is 9.78 Å². The molecule has 1 saturated carbocycles. The number of amides is 2.